The van der Waals surface area contributed by atoms with Crippen LogP contribution >= 0.6 is 0 Å². The van der Waals surface area contributed by atoms with Gasteiger partial charge in [0.15, 0.2) is 0 Å². The van der Waals surface area contributed by atoms with Gasteiger partial charge in [0.05, 0.1) is 6.04 Å². The Hall–Kier alpha value is -2.89. The maximum absolute atomic E-state index is 12.5. The summed E-state index contributed by atoms with van der Waals surface area (Å²) >= 11 is 0. The highest BCUT2D eigenvalue weighted by Crippen LogP contribution is 2.34. The molecule has 1 aliphatic heterocycles. The topological polar surface area (TPSA) is 82.5 Å². The number of amides is 2. The molecular formula is C18H19N3O3. The quantitative estimate of drug-likeness (QED) is 0.908. The van der Waals surface area contributed by atoms with E-state index in [-0.39, 0.29) is 17.9 Å². The molecule has 1 fully saturated rings. The largest absolute Gasteiger partial charge is 0.465 e. The van der Waals surface area contributed by atoms with E-state index < -0.39 is 6.09 Å². The number of carboxylic acid groups (broad SMARTS) is 1. The minimum Gasteiger partial charge on any atom is -0.465 e. The van der Waals surface area contributed by atoms with Gasteiger partial charge < -0.3 is 15.3 Å². The normalized spacial score (nSPS) is 20.4. The van der Waals surface area contributed by atoms with Crippen LogP contribution in [0.3, 0.4) is 0 Å². The molecule has 0 saturated carbocycles. The zero-order valence-corrected chi connectivity index (χ0v) is 13.1. The summed E-state index contributed by atoms with van der Waals surface area (Å²) < 4.78 is 0. The van der Waals surface area contributed by atoms with Gasteiger partial charge in [0.1, 0.15) is 0 Å². The van der Waals surface area contributed by atoms with E-state index in [0.717, 1.165) is 11.3 Å². The van der Waals surface area contributed by atoms with Crippen molar-refractivity contribution in [2.75, 3.05) is 11.9 Å². The Morgan fingerprint density at radius 1 is 1.17 bits per heavy atom. The van der Waals surface area contributed by atoms with E-state index in [1.165, 1.54) is 4.90 Å². The SMILES string of the molecule is O=C(Nc1ccccc1)C1CCN(C(=O)O)C(c2cccnc2)C1. The second-order valence-corrected chi connectivity index (χ2v) is 5.85. The molecule has 0 spiro atoms. The summed E-state index contributed by atoms with van der Waals surface area (Å²) in [5.41, 5.74) is 1.57. The fraction of sp³-hybridized carbons (Fsp3) is 0.278. The summed E-state index contributed by atoms with van der Waals surface area (Å²) in [4.78, 5) is 29.5. The number of para-hydroxylation sites is 1. The Morgan fingerprint density at radius 2 is 1.96 bits per heavy atom. The molecule has 0 bridgehead atoms. The number of carbonyl (C=O) groups excluding carboxylic acids is 1. The molecule has 2 N–H and O–H groups in total. The van der Waals surface area contributed by atoms with Crippen molar-refractivity contribution in [1.29, 1.82) is 0 Å². The molecule has 2 aromatic rings. The summed E-state index contributed by atoms with van der Waals surface area (Å²) in [5, 5.41) is 12.3. The van der Waals surface area contributed by atoms with Gasteiger partial charge in [-0.05, 0) is 36.6 Å². The molecule has 6 heteroatoms. The van der Waals surface area contributed by atoms with Crippen molar-refractivity contribution in [3.8, 4) is 0 Å². The highest BCUT2D eigenvalue weighted by molar-refractivity contribution is 5.92. The maximum Gasteiger partial charge on any atom is 0.407 e. The van der Waals surface area contributed by atoms with Crippen molar-refractivity contribution >= 4 is 17.7 Å². The smallest absolute Gasteiger partial charge is 0.407 e. The second-order valence-electron chi connectivity index (χ2n) is 5.85. The number of anilines is 1. The first-order valence-corrected chi connectivity index (χ1v) is 7.90. The van der Waals surface area contributed by atoms with E-state index in [2.05, 4.69) is 10.3 Å². The molecule has 0 aliphatic carbocycles. The zero-order valence-electron chi connectivity index (χ0n) is 13.1. The summed E-state index contributed by atoms with van der Waals surface area (Å²) in [5.74, 6) is -0.300. The Balaban J connectivity index is 1.75. The summed E-state index contributed by atoms with van der Waals surface area (Å²) in [7, 11) is 0. The van der Waals surface area contributed by atoms with Gasteiger partial charge in [0.2, 0.25) is 5.91 Å². The van der Waals surface area contributed by atoms with E-state index >= 15 is 0 Å². The highest BCUT2D eigenvalue weighted by Gasteiger charge is 2.35. The molecule has 6 nitrogen and oxygen atoms in total. The van der Waals surface area contributed by atoms with Crippen molar-refractivity contribution in [2.24, 2.45) is 5.92 Å². The Morgan fingerprint density at radius 3 is 2.62 bits per heavy atom. The number of likely N-dealkylation sites (tertiary alicyclic amines) is 1. The second kappa shape index (κ2) is 7.12. The number of benzene rings is 1. The van der Waals surface area contributed by atoms with Gasteiger partial charge in [-0.3, -0.25) is 9.78 Å². The molecule has 1 aliphatic rings. The fourth-order valence-corrected chi connectivity index (χ4v) is 3.09. The molecule has 3 rings (SSSR count). The molecule has 2 amide bonds. The number of carbonyl (C=O) groups is 2. The molecule has 1 aromatic heterocycles. The highest BCUT2D eigenvalue weighted by atomic mass is 16.4. The van der Waals surface area contributed by atoms with Crippen molar-refractivity contribution in [2.45, 2.75) is 18.9 Å². The third kappa shape index (κ3) is 3.53. The van der Waals surface area contributed by atoms with Crippen LogP contribution in [-0.4, -0.2) is 33.5 Å². The first-order chi connectivity index (χ1) is 11.6. The van der Waals surface area contributed by atoms with Gasteiger partial charge in [-0.15, -0.1) is 0 Å². The van der Waals surface area contributed by atoms with Gasteiger partial charge in [-0.2, -0.15) is 0 Å². The van der Waals surface area contributed by atoms with Crippen LogP contribution in [0.25, 0.3) is 0 Å². The summed E-state index contributed by atoms with van der Waals surface area (Å²) in [6.07, 6.45) is 3.32. The van der Waals surface area contributed by atoms with Crippen molar-refractivity contribution in [3.63, 3.8) is 0 Å². The molecule has 2 heterocycles. The number of rotatable bonds is 3. The molecular weight excluding hydrogens is 306 g/mol. The minimum absolute atomic E-state index is 0.0693. The third-order valence-electron chi connectivity index (χ3n) is 4.33. The van der Waals surface area contributed by atoms with Crippen LogP contribution in [0.5, 0.6) is 0 Å². The van der Waals surface area contributed by atoms with Crippen LogP contribution in [0.2, 0.25) is 0 Å². The Bertz CT molecular complexity index is 706. The molecule has 1 saturated heterocycles. The lowest BCUT2D eigenvalue weighted by Gasteiger charge is -2.37. The average molecular weight is 325 g/mol. The van der Waals surface area contributed by atoms with E-state index in [4.69, 9.17) is 0 Å². The monoisotopic (exact) mass is 325 g/mol. The van der Waals surface area contributed by atoms with Crippen molar-refractivity contribution in [1.82, 2.24) is 9.88 Å². The number of pyridine rings is 1. The van der Waals surface area contributed by atoms with Crippen LogP contribution in [0.4, 0.5) is 10.5 Å². The van der Waals surface area contributed by atoms with E-state index in [9.17, 15) is 14.7 Å². The van der Waals surface area contributed by atoms with Crippen LogP contribution in [-0.2, 0) is 4.79 Å². The van der Waals surface area contributed by atoms with Gasteiger partial charge >= 0.3 is 6.09 Å². The van der Waals surface area contributed by atoms with E-state index in [0.29, 0.717) is 19.4 Å². The zero-order chi connectivity index (χ0) is 16.9. The summed E-state index contributed by atoms with van der Waals surface area (Å²) in [6.45, 7) is 0.335. The Labute approximate surface area is 140 Å². The van der Waals surface area contributed by atoms with Gasteiger partial charge in [0.25, 0.3) is 0 Å². The van der Waals surface area contributed by atoms with Gasteiger partial charge in [-0.25, -0.2) is 4.79 Å². The van der Waals surface area contributed by atoms with Crippen molar-refractivity contribution < 1.29 is 14.7 Å². The number of hydrogen-bond acceptors (Lipinski definition) is 3. The molecule has 124 valence electrons. The molecule has 0 radical (unpaired) electrons. The van der Waals surface area contributed by atoms with Gasteiger partial charge in [-0.1, -0.05) is 24.3 Å². The lowest BCUT2D eigenvalue weighted by atomic mass is 9.87. The first kappa shape index (κ1) is 16.0. The maximum atomic E-state index is 12.5. The van der Waals surface area contributed by atoms with Gasteiger partial charge in [0, 0.05) is 30.5 Å². The fourth-order valence-electron chi connectivity index (χ4n) is 3.09. The van der Waals surface area contributed by atoms with Crippen LogP contribution in [0.15, 0.2) is 54.9 Å². The van der Waals surface area contributed by atoms with E-state index in [1.54, 1.807) is 18.5 Å². The van der Waals surface area contributed by atoms with Crippen LogP contribution in [0.1, 0.15) is 24.4 Å². The Kier molecular flexibility index (Phi) is 4.74. The number of piperidine rings is 1. The van der Waals surface area contributed by atoms with E-state index in [1.807, 2.05) is 36.4 Å². The predicted molar refractivity (Wildman–Crippen MR) is 89.5 cm³/mol. The van der Waals surface area contributed by atoms with Crippen molar-refractivity contribution in [3.05, 3.63) is 60.4 Å². The third-order valence-corrected chi connectivity index (χ3v) is 4.33. The lowest BCUT2D eigenvalue weighted by Crippen LogP contribution is -2.43. The number of nitrogens with zero attached hydrogens (tertiary/aromatic N) is 2. The molecule has 2 atom stereocenters. The first-order valence-electron chi connectivity index (χ1n) is 7.90. The van der Waals surface area contributed by atoms with Crippen LogP contribution in [0, 0.1) is 5.92 Å². The van der Waals surface area contributed by atoms with Crippen LogP contribution < -0.4 is 5.32 Å². The molecule has 24 heavy (non-hydrogen) atoms. The minimum atomic E-state index is -0.967. The standard InChI is InChI=1S/C18H19N3O3/c22-17(20-15-6-2-1-3-7-15)13-8-10-21(18(23)24)16(11-13)14-5-4-9-19-12-14/h1-7,9,12-13,16H,8,10-11H2,(H,20,22)(H,23,24). The lowest BCUT2D eigenvalue weighted by molar-refractivity contribution is -0.121. The number of nitrogens with one attached hydrogen (secondary N) is 1. The number of hydrogen-bond donors (Lipinski definition) is 2. The molecule has 2 unspecified atom stereocenters. The molecule has 1 aromatic carbocycles. The average Bonchev–Trinajstić information content (AvgIpc) is 2.62. The summed E-state index contributed by atoms with van der Waals surface area (Å²) in [6, 6.07) is 12.6. The number of aromatic nitrogens is 1. The predicted octanol–water partition coefficient (Wildman–Crippen LogP) is 3.15.